The lowest BCUT2D eigenvalue weighted by molar-refractivity contribution is -0.385. The van der Waals surface area contributed by atoms with Gasteiger partial charge in [0.1, 0.15) is 29.9 Å². The van der Waals surface area contributed by atoms with E-state index < -0.39 is 47.7 Å². The maximum atomic E-state index is 14.1. The molecular weight excluding hydrogens is 381 g/mol. The maximum Gasteiger partial charge on any atom is 0.351 e. The van der Waals surface area contributed by atoms with Gasteiger partial charge in [-0.25, -0.2) is 14.2 Å². The molecular formula is C15H14FN5O7. The molecule has 4 atom stereocenters. The highest BCUT2D eigenvalue weighted by atomic mass is 19.1. The third-order valence-corrected chi connectivity index (χ3v) is 4.01. The van der Waals surface area contributed by atoms with Gasteiger partial charge in [0, 0.05) is 12.3 Å². The molecule has 3 heterocycles. The quantitative estimate of drug-likeness (QED) is 0.441. The monoisotopic (exact) mass is 395 g/mol. The second-order valence-corrected chi connectivity index (χ2v) is 5.80. The summed E-state index contributed by atoms with van der Waals surface area (Å²) in [6, 6.07) is 3.42. The molecule has 12 nitrogen and oxygen atoms in total. The van der Waals surface area contributed by atoms with Crippen LogP contribution < -0.4 is 11.0 Å². The lowest BCUT2D eigenvalue weighted by atomic mass is 10.1. The Morgan fingerprint density at radius 1 is 1.43 bits per heavy atom. The lowest BCUT2D eigenvalue weighted by Gasteiger charge is -2.16. The highest BCUT2D eigenvalue weighted by Crippen LogP contribution is 2.30. The van der Waals surface area contributed by atoms with Gasteiger partial charge in [-0.3, -0.25) is 19.5 Å². The highest BCUT2D eigenvalue weighted by molar-refractivity contribution is 6.02. The van der Waals surface area contributed by atoms with Crippen LogP contribution >= 0.6 is 0 Å². The van der Waals surface area contributed by atoms with Crippen LogP contribution in [0.4, 0.5) is 15.9 Å². The van der Waals surface area contributed by atoms with Crippen molar-refractivity contribution < 1.29 is 29.1 Å². The number of ether oxygens (including phenoxy) is 1. The summed E-state index contributed by atoms with van der Waals surface area (Å²) in [5, 5.41) is 31.5. The van der Waals surface area contributed by atoms with E-state index in [9.17, 15) is 29.2 Å². The molecule has 3 rings (SSSR count). The number of amides is 1. The molecule has 0 aromatic carbocycles. The van der Waals surface area contributed by atoms with Gasteiger partial charge in [-0.05, 0) is 12.1 Å². The Labute approximate surface area is 155 Å². The van der Waals surface area contributed by atoms with Crippen LogP contribution in [0.25, 0.3) is 0 Å². The first-order valence-corrected chi connectivity index (χ1v) is 7.91. The summed E-state index contributed by atoms with van der Waals surface area (Å²) in [7, 11) is 0. The average molecular weight is 395 g/mol. The summed E-state index contributed by atoms with van der Waals surface area (Å²) in [5.41, 5.74) is -1.40. The summed E-state index contributed by atoms with van der Waals surface area (Å²) in [4.78, 5) is 41.4. The van der Waals surface area contributed by atoms with Crippen molar-refractivity contribution in [2.45, 2.75) is 24.6 Å². The number of anilines is 1. The van der Waals surface area contributed by atoms with Crippen molar-refractivity contribution in [3.63, 3.8) is 0 Å². The van der Waals surface area contributed by atoms with Crippen LogP contribution in [0.1, 0.15) is 16.7 Å². The molecule has 1 saturated heterocycles. The Morgan fingerprint density at radius 3 is 2.71 bits per heavy atom. The maximum absolute atomic E-state index is 14.1. The predicted octanol–water partition coefficient (Wildman–Crippen LogP) is -0.612. The van der Waals surface area contributed by atoms with E-state index in [2.05, 4.69) is 15.3 Å². The Balaban J connectivity index is 1.75. The van der Waals surface area contributed by atoms with E-state index >= 15 is 0 Å². The average Bonchev–Trinajstić information content (AvgIpc) is 2.96. The van der Waals surface area contributed by atoms with Crippen LogP contribution in [0.15, 0.2) is 35.4 Å². The fourth-order valence-corrected chi connectivity index (χ4v) is 2.56. The van der Waals surface area contributed by atoms with Crippen LogP contribution in [-0.2, 0) is 4.74 Å². The highest BCUT2D eigenvalue weighted by Gasteiger charge is 2.45. The normalized spacial score (nSPS) is 24.1. The van der Waals surface area contributed by atoms with E-state index in [-0.39, 0.29) is 17.2 Å². The number of hydrogen-bond donors (Lipinski definition) is 3. The zero-order valence-electron chi connectivity index (χ0n) is 14.0. The lowest BCUT2D eigenvalue weighted by Crippen LogP contribution is -2.33. The number of aromatic nitrogens is 3. The van der Waals surface area contributed by atoms with E-state index in [1.165, 1.54) is 6.07 Å². The molecule has 2 aromatic rings. The predicted molar refractivity (Wildman–Crippen MR) is 89.2 cm³/mol. The molecule has 0 radical (unpaired) electrons. The first-order chi connectivity index (χ1) is 13.3. The fourth-order valence-electron chi connectivity index (χ4n) is 2.56. The van der Waals surface area contributed by atoms with Gasteiger partial charge in [-0.2, -0.15) is 4.98 Å². The number of halogens is 1. The Kier molecular flexibility index (Phi) is 5.39. The van der Waals surface area contributed by atoms with Gasteiger partial charge in [0.25, 0.3) is 11.6 Å². The van der Waals surface area contributed by atoms with Crippen LogP contribution in [0.2, 0.25) is 0 Å². The number of pyridine rings is 1. The van der Waals surface area contributed by atoms with Crippen molar-refractivity contribution in [1.29, 1.82) is 0 Å². The third kappa shape index (κ3) is 3.71. The van der Waals surface area contributed by atoms with E-state index in [4.69, 9.17) is 9.84 Å². The van der Waals surface area contributed by atoms with Crippen molar-refractivity contribution in [3.05, 3.63) is 56.9 Å². The van der Waals surface area contributed by atoms with Crippen molar-refractivity contribution in [1.82, 2.24) is 14.5 Å². The van der Waals surface area contributed by atoms with Gasteiger partial charge >= 0.3 is 5.69 Å². The number of aliphatic hydroxyl groups is 2. The number of aliphatic hydroxyl groups excluding tert-OH is 2. The number of nitrogens with zero attached hydrogens (tertiary/aromatic N) is 4. The fraction of sp³-hybridized carbons (Fsp3) is 0.333. The summed E-state index contributed by atoms with van der Waals surface area (Å²) in [6.45, 7) is -0.628. The molecule has 0 spiro atoms. The Bertz CT molecular complexity index is 951. The summed E-state index contributed by atoms with van der Waals surface area (Å²) in [5.74, 6) is -0.935. The van der Waals surface area contributed by atoms with Crippen LogP contribution in [-0.4, -0.2) is 60.6 Å². The Morgan fingerprint density at radius 2 is 2.18 bits per heavy atom. The third-order valence-electron chi connectivity index (χ3n) is 4.01. The van der Waals surface area contributed by atoms with Gasteiger partial charge in [0.2, 0.25) is 0 Å². The standard InChI is InChI=1S/C15H14FN5O7/c16-11-12(23)9(6-22)28-14(11)20-4-3-10(19-15(20)25)18-13(24)8-2-1-7(5-17-8)21(26)27/h1-5,9,11-12,14,22-23H,6H2,(H,18,19,24,25)/t9-,11-,12-,14-/m1/s1. The molecule has 2 aromatic heterocycles. The molecule has 3 N–H and O–H groups in total. The van der Waals surface area contributed by atoms with Gasteiger partial charge in [-0.15, -0.1) is 0 Å². The number of carbonyl (C=O) groups is 1. The van der Waals surface area contributed by atoms with Gasteiger partial charge < -0.3 is 20.3 Å². The van der Waals surface area contributed by atoms with Crippen molar-refractivity contribution in [2.24, 2.45) is 0 Å². The number of nitrogens with one attached hydrogen (secondary N) is 1. The molecule has 148 valence electrons. The second kappa shape index (κ2) is 7.75. The largest absolute Gasteiger partial charge is 0.394 e. The summed E-state index contributed by atoms with van der Waals surface area (Å²) in [6.07, 6.45) is -4.21. The Hall–Kier alpha value is -3.29. The minimum absolute atomic E-state index is 0.145. The zero-order valence-corrected chi connectivity index (χ0v) is 14.0. The second-order valence-electron chi connectivity index (χ2n) is 5.80. The summed E-state index contributed by atoms with van der Waals surface area (Å²) >= 11 is 0. The van der Waals surface area contributed by atoms with Gasteiger partial charge in [0.05, 0.1) is 11.5 Å². The first kappa shape index (κ1) is 19.5. The minimum Gasteiger partial charge on any atom is -0.394 e. The van der Waals surface area contributed by atoms with E-state index in [0.717, 1.165) is 29.1 Å². The van der Waals surface area contributed by atoms with Crippen LogP contribution in [0.5, 0.6) is 0 Å². The molecule has 0 unspecified atom stereocenters. The molecule has 1 aliphatic rings. The van der Waals surface area contributed by atoms with Crippen molar-refractivity contribution in [3.8, 4) is 0 Å². The van der Waals surface area contributed by atoms with Crippen LogP contribution in [0.3, 0.4) is 0 Å². The molecule has 0 bridgehead atoms. The molecule has 1 aliphatic heterocycles. The molecule has 28 heavy (non-hydrogen) atoms. The van der Waals surface area contributed by atoms with E-state index in [1.54, 1.807) is 0 Å². The smallest absolute Gasteiger partial charge is 0.351 e. The number of carbonyl (C=O) groups excluding carboxylic acids is 1. The van der Waals surface area contributed by atoms with E-state index in [0.29, 0.717) is 0 Å². The zero-order chi connectivity index (χ0) is 20.4. The topological polar surface area (TPSA) is 170 Å². The van der Waals surface area contributed by atoms with E-state index in [1.807, 2.05) is 0 Å². The number of nitro groups is 1. The first-order valence-electron chi connectivity index (χ1n) is 7.91. The van der Waals surface area contributed by atoms with Crippen molar-refractivity contribution in [2.75, 3.05) is 11.9 Å². The van der Waals surface area contributed by atoms with Crippen molar-refractivity contribution >= 4 is 17.4 Å². The SMILES string of the molecule is O=C(Nc1ccn([C@@H]2O[C@H](CO)[C@@H](O)[C@H]2F)c(=O)n1)c1ccc([N+](=O)[O-])cn1. The molecule has 1 fully saturated rings. The number of rotatable bonds is 5. The van der Waals surface area contributed by atoms with Gasteiger partial charge in [0.15, 0.2) is 12.4 Å². The van der Waals surface area contributed by atoms with Gasteiger partial charge in [-0.1, -0.05) is 0 Å². The minimum atomic E-state index is -1.96. The molecule has 13 heteroatoms. The number of hydrogen-bond acceptors (Lipinski definition) is 9. The van der Waals surface area contributed by atoms with Crippen LogP contribution in [0, 0.1) is 10.1 Å². The molecule has 1 amide bonds. The summed E-state index contributed by atoms with van der Waals surface area (Å²) < 4.78 is 20.0. The molecule has 0 aliphatic carbocycles. The number of alkyl halides is 1. The molecule has 0 saturated carbocycles.